The Hall–Kier alpha value is -2.46. The summed E-state index contributed by atoms with van der Waals surface area (Å²) >= 11 is 0. The van der Waals surface area contributed by atoms with Gasteiger partial charge in [0.1, 0.15) is 0 Å². The standard InChI is InChI=1S/C18H23N3O6S/c1-19-12-14(11-16(19)22)18(24)27-13-17(23)20-7-9-21(10-8-20)28(25,26)15-5-3-2-4-6-15/h2-6,14H,7-13H2,1H3. The number of likely N-dealkylation sites (tertiary alicyclic amines) is 1. The van der Waals surface area contributed by atoms with Crippen molar-refractivity contribution >= 4 is 27.8 Å². The first kappa shape index (κ1) is 20.3. The lowest BCUT2D eigenvalue weighted by Gasteiger charge is -2.33. The van der Waals surface area contributed by atoms with E-state index in [-0.39, 0.29) is 49.3 Å². The molecule has 10 heteroatoms. The van der Waals surface area contributed by atoms with Crippen LogP contribution in [0, 0.1) is 5.92 Å². The van der Waals surface area contributed by atoms with Gasteiger partial charge in [-0.15, -0.1) is 0 Å². The van der Waals surface area contributed by atoms with E-state index < -0.39 is 28.5 Å². The highest BCUT2D eigenvalue weighted by atomic mass is 32.2. The van der Waals surface area contributed by atoms with Crippen molar-refractivity contribution in [1.82, 2.24) is 14.1 Å². The molecule has 0 N–H and O–H groups in total. The Bertz CT molecular complexity index is 849. The summed E-state index contributed by atoms with van der Waals surface area (Å²) in [6, 6.07) is 8.15. The Morgan fingerprint density at radius 1 is 1.11 bits per heavy atom. The second-order valence-electron chi connectivity index (χ2n) is 6.88. The fourth-order valence-corrected chi connectivity index (χ4v) is 4.73. The first-order valence-corrected chi connectivity index (χ1v) is 10.5. The second-order valence-corrected chi connectivity index (χ2v) is 8.82. The van der Waals surface area contributed by atoms with Crippen LogP contribution < -0.4 is 0 Å². The first-order chi connectivity index (χ1) is 13.3. The molecular formula is C18H23N3O6S. The zero-order chi connectivity index (χ0) is 20.3. The highest BCUT2D eigenvalue weighted by Gasteiger charge is 2.34. The van der Waals surface area contributed by atoms with E-state index in [0.29, 0.717) is 6.54 Å². The van der Waals surface area contributed by atoms with Gasteiger partial charge in [0.2, 0.25) is 15.9 Å². The van der Waals surface area contributed by atoms with Crippen molar-refractivity contribution in [2.75, 3.05) is 46.4 Å². The van der Waals surface area contributed by atoms with Gasteiger partial charge in [-0.1, -0.05) is 18.2 Å². The van der Waals surface area contributed by atoms with Crippen molar-refractivity contribution < 1.29 is 27.5 Å². The minimum Gasteiger partial charge on any atom is -0.455 e. The highest BCUT2D eigenvalue weighted by Crippen LogP contribution is 2.19. The Morgan fingerprint density at radius 2 is 1.75 bits per heavy atom. The average molecular weight is 409 g/mol. The van der Waals surface area contributed by atoms with Gasteiger partial charge in [0.15, 0.2) is 6.61 Å². The molecule has 0 bridgehead atoms. The van der Waals surface area contributed by atoms with Crippen molar-refractivity contribution in [3.8, 4) is 0 Å². The molecule has 2 heterocycles. The number of nitrogens with zero attached hydrogens (tertiary/aromatic N) is 3. The number of ether oxygens (including phenoxy) is 1. The maximum absolute atomic E-state index is 12.6. The molecule has 1 unspecified atom stereocenters. The topological polar surface area (TPSA) is 104 Å². The van der Waals surface area contributed by atoms with E-state index in [0.717, 1.165) is 0 Å². The molecule has 1 aromatic carbocycles. The van der Waals surface area contributed by atoms with Crippen LogP contribution in [-0.2, 0) is 29.1 Å². The summed E-state index contributed by atoms with van der Waals surface area (Å²) in [5, 5.41) is 0. The van der Waals surface area contributed by atoms with Crippen LogP contribution in [0.15, 0.2) is 35.2 Å². The van der Waals surface area contributed by atoms with Crippen LogP contribution in [0.4, 0.5) is 0 Å². The minimum absolute atomic E-state index is 0.0968. The average Bonchev–Trinajstić information content (AvgIpc) is 3.05. The van der Waals surface area contributed by atoms with Crippen molar-refractivity contribution in [1.29, 1.82) is 0 Å². The third-order valence-electron chi connectivity index (χ3n) is 4.98. The molecular weight excluding hydrogens is 386 g/mol. The van der Waals surface area contributed by atoms with E-state index in [2.05, 4.69) is 0 Å². The SMILES string of the molecule is CN1CC(C(=O)OCC(=O)N2CCN(S(=O)(=O)c3ccccc3)CC2)CC1=O. The lowest BCUT2D eigenvalue weighted by molar-refractivity contribution is -0.155. The number of sulfonamides is 1. The molecule has 9 nitrogen and oxygen atoms in total. The third kappa shape index (κ3) is 4.33. The van der Waals surface area contributed by atoms with Crippen LogP contribution in [0.3, 0.4) is 0 Å². The van der Waals surface area contributed by atoms with Crippen molar-refractivity contribution in [2.24, 2.45) is 5.92 Å². The molecule has 0 radical (unpaired) electrons. The van der Waals surface area contributed by atoms with Gasteiger partial charge in [-0.3, -0.25) is 14.4 Å². The molecule has 1 atom stereocenters. The summed E-state index contributed by atoms with van der Waals surface area (Å²) in [4.78, 5) is 38.9. The Kier molecular flexibility index (Phi) is 5.99. The highest BCUT2D eigenvalue weighted by molar-refractivity contribution is 7.89. The van der Waals surface area contributed by atoms with Gasteiger partial charge in [0.05, 0.1) is 10.8 Å². The number of carbonyl (C=O) groups is 3. The molecule has 2 fully saturated rings. The van der Waals surface area contributed by atoms with Gasteiger partial charge in [-0.25, -0.2) is 8.42 Å². The van der Waals surface area contributed by atoms with Gasteiger partial charge in [-0.05, 0) is 12.1 Å². The Balaban J connectivity index is 1.48. The van der Waals surface area contributed by atoms with Crippen LogP contribution in [-0.4, -0.2) is 86.7 Å². The predicted octanol–water partition coefficient (Wildman–Crippen LogP) is -0.459. The third-order valence-corrected chi connectivity index (χ3v) is 6.90. The van der Waals surface area contributed by atoms with Gasteiger partial charge in [0.25, 0.3) is 5.91 Å². The number of benzene rings is 1. The van der Waals surface area contributed by atoms with Gasteiger partial charge < -0.3 is 14.5 Å². The van der Waals surface area contributed by atoms with Crippen molar-refractivity contribution in [3.05, 3.63) is 30.3 Å². The number of hydrogen-bond donors (Lipinski definition) is 0. The number of piperazine rings is 1. The zero-order valence-corrected chi connectivity index (χ0v) is 16.4. The minimum atomic E-state index is -3.58. The fraction of sp³-hybridized carbons (Fsp3) is 0.500. The summed E-state index contributed by atoms with van der Waals surface area (Å²) < 4.78 is 31.6. The summed E-state index contributed by atoms with van der Waals surface area (Å²) in [6.45, 7) is 0.707. The van der Waals surface area contributed by atoms with Crippen LogP contribution >= 0.6 is 0 Å². The summed E-state index contributed by atoms with van der Waals surface area (Å²) in [5.41, 5.74) is 0. The van der Waals surface area contributed by atoms with Crippen LogP contribution in [0.1, 0.15) is 6.42 Å². The van der Waals surface area contributed by atoms with Crippen LogP contribution in [0.2, 0.25) is 0 Å². The van der Waals surface area contributed by atoms with E-state index in [1.165, 1.54) is 26.2 Å². The molecule has 0 aromatic heterocycles. The van der Waals surface area contributed by atoms with Crippen molar-refractivity contribution in [2.45, 2.75) is 11.3 Å². The molecule has 1 aromatic rings. The van der Waals surface area contributed by atoms with E-state index >= 15 is 0 Å². The summed E-state index contributed by atoms with van der Waals surface area (Å²) in [5.74, 6) is -1.60. The van der Waals surface area contributed by atoms with E-state index in [1.807, 2.05) is 0 Å². The molecule has 0 saturated carbocycles. The molecule has 0 spiro atoms. The molecule has 152 valence electrons. The molecule has 2 saturated heterocycles. The molecule has 2 aliphatic rings. The fourth-order valence-electron chi connectivity index (χ4n) is 3.28. The quantitative estimate of drug-likeness (QED) is 0.610. The number of rotatable bonds is 5. The zero-order valence-electron chi connectivity index (χ0n) is 15.6. The van der Waals surface area contributed by atoms with Gasteiger partial charge in [0, 0.05) is 46.2 Å². The second kappa shape index (κ2) is 8.27. The monoisotopic (exact) mass is 409 g/mol. The first-order valence-electron chi connectivity index (χ1n) is 9.02. The molecule has 2 aliphatic heterocycles. The smallest absolute Gasteiger partial charge is 0.311 e. The predicted molar refractivity (Wildman–Crippen MR) is 98.5 cm³/mol. The Morgan fingerprint density at radius 3 is 2.32 bits per heavy atom. The molecule has 2 amide bonds. The Labute approximate surface area is 163 Å². The van der Waals surface area contributed by atoms with E-state index in [4.69, 9.17) is 4.74 Å². The maximum Gasteiger partial charge on any atom is 0.311 e. The number of carbonyl (C=O) groups excluding carboxylic acids is 3. The molecule has 0 aliphatic carbocycles. The van der Waals surface area contributed by atoms with Crippen molar-refractivity contribution in [3.63, 3.8) is 0 Å². The van der Waals surface area contributed by atoms with Gasteiger partial charge in [-0.2, -0.15) is 4.31 Å². The van der Waals surface area contributed by atoms with E-state index in [9.17, 15) is 22.8 Å². The van der Waals surface area contributed by atoms with Crippen LogP contribution in [0.25, 0.3) is 0 Å². The normalized spacial score (nSPS) is 21.0. The van der Waals surface area contributed by atoms with Gasteiger partial charge >= 0.3 is 5.97 Å². The number of amides is 2. The van der Waals surface area contributed by atoms with Crippen LogP contribution in [0.5, 0.6) is 0 Å². The lowest BCUT2D eigenvalue weighted by Crippen LogP contribution is -2.51. The lowest BCUT2D eigenvalue weighted by atomic mass is 10.1. The number of esters is 1. The maximum atomic E-state index is 12.6. The molecule has 3 rings (SSSR count). The van der Waals surface area contributed by atoms with E-state index in [1.54, 1.807) is 25.2 Å². The largest absolute Gasteiger partial charge is 0.455 e. The number of hydrogen-bond acceptors (Lipinski definition) is 6. The molecule has 28 heavy (non-hydrogen) atoms. The summed E-state index contributed by atoms with van der Waals surface area (Å²) in [6.07, 6.45) is 0.0968. The summed E-state index contributed by atoms with van der Waals surface area (Å²) in [7, 11) is -1.97.